The Hall–Kier alpha value is -1.10. The third-order valence-electron chi connectivity index (χ3n) is 6.33. The zero-order chi connectivity index (χ0) is 18.0. The van der Waals surface area contributed by atoms with Gasteiger partial charge in [0.25, 0.3) is 0 Å². The molecule has 154 valence electrons. The van der Waals surface area contributed by atoms with Crippen LogP contribution in [0.5, 0.6) is 0 Å². The van der Waals surface area contributed by atoms with Gasteiger partial charge in [0.2, 0.25) is 5.91 Å². The van der Waals surface area contributed by atoms with Crippen LogP contribution in [0.4, 0.5) is 0 Å². The number of hydrogen-bond acceptors (Lipinski definition) is 2. The summed E-state index contributed by atoms with van der Waals surface area (Å²) in [7, 11) is 0. The molecule has 2 fully saturated rings. The van der Waals surface area contributed by atoms with Crippen LogP contribution in [-0.4, -0.2) is 52.4 Å². The predicted molar refractivity (Wildman–Crippen MR) is 115 cm³/mol. The smallest absolute Gasteiger partial charge is 0.233 e. The minimum absolute atomic E-state index is 0. The lowest BCUT2D eigenvalue weighted by Crippen LogP contribution is -2.45. The van der Waals surface area contributed by atoms with Crippen LogP contribution < -0.4 is 0 Å². The van der Waals surface area contributed by atoms with E-state index >= 15 is 0 Å². The Balaban J connectivity index is 0.00000182. The van der Waals surface area contributed by atoms with Crippen LogP contribution in [0.1, 0.15) is 65.4 Å². The molecule has 1 aromatic carbocycles. The van der Waals surface area contributed by atoms with Crippen LogP contribution in [-0.2, 0) is 10.2 Å². The molecule has 1 aromatic rings. The van der Waals surface area contributed by atoms with Gasteiger partial charge in [-0.2, -0.15) is 0 Å². The van der Waals surface area contributed by atoms with Crippen molar-refractivity contribution in [1.29, 1.82) is 0 Å². The third-order valence-corrected chi connectivity index (χ3v) is 6.33. The van der Waals surface area contributed by atoms with E-state index in [0.717, 1.165) is 32.4 Å². The molecule has 0 aliphatic carbocycles. The molecule has 0 saturated carbocycles. The van der Waals surface area contributed by atoms with Gasteiger partial charge in [0, 0.05) is 31.2 Å². The maximum Gasteiger partial charge on any atom is 0.233 e. The largest absolute Gasteiger partial charge is 0.412 e. The van der Waals surface area contributed by atoms with Gasteiger partial charge < -0.3 is 10.4 Å². The first-order valence-corrected chi connectivity index (χ1v) is 10.1. The van der Waals surface area contributed by atoms with Gasteiger partial charge in [-0.15, -0.1) is 12.4 Å². The highest BCUT2D eigenvalue weighted by molar-refractivity contribution is 5.91. The fraction of sp³-hybridized carbons (Fsp3) is 0.682. The molecule has 4 nitrogen and oxygen atoms in total. The van der Waals surface area contributed by atoms with E-state index in [4.69, 9.17) is 0 Å². The second-order valence-electron chi connectivity index (χ2n) is 8.48. The van der Waals surface area contributed by atoms with Crippen molar-refractivity contribution >= 4 is 18.3 Å². The van der Waals surface area contributed by atoms with Crippen molar-refractivity contribution in [2.75, 3.05) is 13.1 Å². The highest BCUT2D eigenvalue weighted by Crippen LogP contribution is 2.45. The summed E-state index contributed by atoms with van der Waals surface area (Å²) < 4.78 is 0. The summed E-state index contributed by atoms with van der Waals surface area (Å²) in [5, 5.41) is 0. The van der Waals surface area contributed by atoms with E-state index in [1.54, 1.807) is 0 Å². The van der Waals surface area contributed by atoms with Crippen molar-refractivity contribution in [2.24, 2.45) is 0 Å². The molecule has 0 bridgehead atoms. The van der Waals surface area contributed by atoms with Crippen LogP contribution in [0.15, 0.2) is 30.3 Å². The van der Waals surface area contributed by atoms with Crippen molar-refractivity contribution in [3.05, 3.63) is 35.9 Å². The number of carbonyl (C=O) groups excluding carboxylic acids is 1. The number of fused-ring (bicyclic) bond motifs is 1. The van der Waals surface area contributed by atoms with E-state index in [9.17, 15) is 4.79 Å². The Morgan fingerprint density at radius 3 is 2.30 bits per heavy atom. The highest BCUT2D eigenvalue weighted by Gasteiger charge is 2.52. The highest BCUT2D eigenvalue weighted by atomic mass is 35.5. The quantitative estimate of drug-likeness (QED) is 0.733. The number of amides is 1. The van der Waals surface area contributed by atoms with Crippen molar-refractivity contribution in [2.45, 2.75) is 83.3 Å². The summed E-state index contributed by atoms with van der Waals surface area (Å²) in [4.78, 5) is 18.2. The van der Waals surface area contributed by atoms with E-state index in [1.165, 1.54) is 18.4 Å². The summed E-state index contributed by atoms with van der Waals surface area (Å²) in [5.74, 6) is 0.385. The van der Waals surface area contributed by atoms with Crippen LogP contribution in [0.25, 0.3) is 0 Å². The van der Waals surface area contributed by atoms with E-state index in [2.05, 4.69) is 67.8 Å². The molecule has 2 N–H and O–H groups in total. The Bertz CT molecular complexity index is 585. The second-order valence-corrected chi connectivity index (χ2v) is 8.48. The average molecular weight is 397 g/mol. The number of piperidine rings is 1. The summed E-state index contributed by atoms with van der Waals surface area (Å²) in [6.07, 6.45) is 5.54. The Morgan fingerprint density at radius 2 is 1.74 bits per heavy atom. The molecule has 2 heterocycles. The lowest BCUT2D eigenvalue weighted by Gasteiger charge is -2.35. The van der Waals surface area contributed by atoms with Gasteiger partial charge in [0.05, 0.1) is 5.41 Å². The zero-order valence-electron chi connectivity index (χ0n) is 17.3. The third kappa shape index (κ3) is 4.67. The number of hydrogen-bond donors (Lipinski definition) is 0. The fourth-order valence-corrected chi connectivity index (χ4v) is 5.03. The van der Waals surface area contributed by atoms with Crippen LogP contribution >= 0.6 is 12.4 Å². The number of benzene rings is 1. The van der Waals surface area contributed by atoms with Gasteiger partial charge in [0.1, 0.15) is 0 Å². The summed E-state index contributed by atoms with van der Waals surface area (Å²) in [6, 6.07) is 12.0. The van der Waals surface area contributed by atoms with Crippen LogP contribution in [0.2, 0.25) is 0 Å². The molecule has 27 heavy (non-hydrogen) atoms. The maximum absolute atomic E-state index is 13.5. The van der Waals surface area contributed by atoms with Crippen molar-refractivity contribution in [3.8, 4) is 0 Å². The van der Waals surface area contributed by atoms with Crippen LogP contribution in [0.3, 0.4) is 0 Å². The first-order chi connectivity index (χ1) is 12.0. The SMILES string of the molecule is CC(C)N(CCC1(c2ccccc2)CC2CCCCN2C1=O)C(C)C.Cl.O. The van der Waals surface area contributed by atoms with Gasteiger partial charge in [-0.05, 0) is 65.4 Å². The molecule has 3 rings (SSSR count). The standard InChI is InChI=1S/C22H34N2O.ClH.H2O/c1-17(2)23(18(3)4)15-13-22(19-10-6-5-7-11-19)16-20-12-8-9-14-24(20)21(22)25;;/h5-7,10-11,17-18,20H,8-9,12-16H2,1-4H3;1H;1H2. The maximum atomic E-state index is 13.5. The lowest BCUT2D eigenvalue weighted by molar-refractivity contribution is -0.134. The van der Waals surface area contributed by atoms with Crippen molar-refractivity contribution in [1.82, 2.24) is 9.80 Å². The molecule has 0 radical (unpaired) electrons. The van der Waals surface area contributed by atoms with Gasteiger partial charge in [-0.25, -0.2) is 0 Å². The number of rotatable bonds is 6. The molecule has 2 saturated heterocycles. The molecule has 2 aliphatic rings. The first kappa shape index (κ1) is 23.9. The van der Waals surface area contributed by atoms with Gasteiger partial charge in [0.15, 0.2) is 0 Å². The molecule has 2 aliphatic heterocycles. The molecular formula is C22H37ClN2O2. The summed E-state index contributed by atoms with van der Waals surface area (Å²) in [6.45, 7) is 11.0. The predicted octanol–water partition coefficient (Wildman–Crippen LogP) is 3.82. The average Bonchev–Trinajstić information content (AvgIpc) is 2.89. The molecule has 1 amide bonds. The topological polar surface area (TPSA) is 55.0 Å². The zero-order valence-corrected chi connectivity index (χ0v) is 18.1. The number of nitrogens with zero attached hydrogens (tertiary/aromatic N) is 2. The molecular weight excluding hydrogens is 360 g/mol. The van der Waals surface area contributed by atoms with E-state index in [0.29, 0.717) is 24.0 Å². The molecule has 0 spiro atoms. The summed E-state index contributed by atoms with van der Waals surface area (Å²) >= 11 is 0. The minimum Gasteiger partial charge on any atom is -0.412 e. The van der Waals surface area contributed by atoms with Gasteiger partial charge in [-0.1, -0.05) is 30.3 Å². The Labute approximate surface area is 171 Å². The number of carbonyl (C=O) groups is 1. The summed E-state index contributed by atoms with van der Waals surface area (Å²) in [5.41, 5.74) is 0.903. The van der Waals surface area contributed by atoms with Gasteiger partial charge >= 0.3 is 0 Å². The molecule has 2 atom stereocenters. The second kappa shape index (κ2) is 9.90. The van der Waals surface area contributed by atoms with E-state index in [-0.39, 0.29) is 23.3 Å². The number of halogens is 1. The van der Waals surface area contributed by atoms with E-state index in [1.807, 2.05) is 0 Å². The van der Waals surface area contributed by atoms with Crippen LogP contribution in [0, 0.1) is 0 Å². The molecule has 2 unspecified atom stereocenters. The molecule has 0 aromatic heterocycles. The van der Waals surface area contributed by atoms with E-state index < -0.39 is 0 Å². The van der Waals surface area contributed by atoms with Crippen molar-refractivity contribution in [3.63, 3.8) is 0 Å². The molecule has 5 heteroatoms. The first-order valence-electron chi connectivity index (χ1n) is 10.1. The fourth-order valence-electron chi connectivity index (χ4n) is 5.03. The van der Waals surface area contributed by atoms with Gasteiger partial charge in [-0.3, -0.25) is 9.69 Å². The lowest BCUT2D eigenvalue weighted by atomic mass is 9.74. The minimum atomic E-state index is -0.321. The Kier molecular flexibility index (Phi) is 8.78. The monoisotopic (exact) mass is 396 g/mol. The van der Waals surface area contributed by atoms with Crippen molar-refractivity contribution < 1.29 is 10.3 Å². The normalized spacial score (nSPS) is 24.8. The Morgan fingerprint density at radius 1 is 1.11 bits per heavy atom.